The molecule has 3 nitrogen and oxygen atoms in total. The van der Waals surface area contributed by atoms with Crippen LogP contribution in [0.5, 0.6) is 0 Å². The number of rotatable bonds is 4. The summed E-state index contributed by atoms with van der Waals surface area (Å²) < 4.78 is 5.28. The van der Waals surface area contributed by atoms with Crippen LogP contribution < -0.4 is 5.32 Å². The van der Waals surface area contributed by atoms with Crippen molar-refractivity contribution >= 4 is 5.97 Å². The van der Waals surface area contributed by atoms with E-state index in [9.17, 15) is 4.79 Å². The highest BCUT2D eigenvalue weighted by atomic mass is 16.5. The van der Waals surface area contributed by atoms with E-state index in [1.807, 2.05) is 26.0 Å². The van der Waals surface area contributed by atoms with Gasteiger partial charge < -0.3 is 10.1 Å². The molecule has 0 spiro atoms. The summed E-state index contributed by atoms with van der Waals surface area (Å²) in [4.78, 5) is 11.7. The van der Waals surface area contributed by atoms with Crippen molar-refractivity contribution in [1.82, 2.24) is 5.32 Å². The van der Waals surface area contributed by atoms with Crippen molar-refractivity contribution in [3.05, 3.63) is 23.8 Å². The van der Waals surface area contributed by atoms with E-state index in [1.165, 1.54) is 5.57 Å². The molecule has 0 aromatic carbocycles. The lowest BCUT2D eigenvalue weighted by atomic mass is 9.96. The van der Waals surface area contributed by atoms with Crippen LogP contribution in [0.2, 0.25) is 0 Å². The van der Waals surface area contributed by atoms with Crippen molar-refractivity contribution in [2.75, 3.05) is 13.7 Å². The first kappa shape index (κ1) is 13.0. The van der Waals surface area contributed by atoms with E-state index in [4.69, 9.17) is 4.74 Å². The molecule has 0 saturated carbocycles. The van der Waals surface area contributed by atoms with Gasteiger partial charge in [-0.3, -0.25) is 4.79 Å². The average Bonchev–Trinajstić information content (AvgIpc) is 2.26. The molecule has 0 aromatic rings. The van der Waals surface area contributed by atoms with E-state index >= 15 is 0 Å². The Hall–Kier alpha value is -1.09. The molecular weight excluding hydrogens is 202 g/mol. The van der Waals surface area contributed by atoms with Crippen LogP contribution in [0.1, 0.15) is 27.2 Å². The maximum atomic E-state index is 11.7. The fraction of sp³-hybridized carbons (Fsp3) is 0.615. The maximum Gasteiger partial charge on any atom is 0.326 e. The molecule has 0 fully saturated rings. The molecule has 1 aliphatic rings. The van der Waals surface area contributed by atoms with Crippen LogP contribution >= 0.6 is 0 Å². The molecule has 0 amide bonds. The van der Waals surface area contributed by atoms with E-state index in [-0.39, 0.29) is 5.97 Å². The lowest BCUT2D eigenvalue weighted by Crippen LogP contribution is -2.45. The summed E-state index contributed by atoms with van der Waals surface area (Å²) >= 11 is 0. The smallest absolute Gasteiger partial charge is 0.326 e. The largest absolute Gasteiger partial charge is 0.460 e. The molecule has 3 heteroatoms. The Labute approximate surface area is 97.6 Å². The van der Waals surface area contributed by atoms with Gasteiger partial charge in [-0.15, -0.1) is 0 Å². The topological polar surface area (TPSA) is 38.3 Å². The Balaban J connectivity index is 2.44. The number of allylic oxidation sites excluding steroid dienone is 3. The second kappa shape index (κ2) is 5.30. The van der Waals surface area contributed by atoms with Crippen LogP contribution in [-0.4, -0.2) is 25.2 Å². The number of likely N-dealkylation sites (N-methyl/N-ethyl adjacent to an activating group) is 1. The molecule has 0 aliphatic heterocycles. The SMILES string of the molecule is CNC(C)(C)C(=O)OCC1=CC=CC(C)C1. The van der Waals surface area contributed by atoms with Gasteiger partial charge in [-0.1, -0.05) is 25.2 Å². The van der Waals surface area contributed by atoms with Gasteiger partial charge in [0, 0.05) is 0 Å². The lowest BCUT2D eigenvalue weighted by molar-refractivity contribution is -0.149. The summed E-state index contributed by atoms with van der Waals surface area (Å²) in [7, 11) is 1.76. The van der Waals surface area contributed by atoms with Gasteiger partial charge in [-0.25, -0.2) is 0 Å². The Bertz CT molecular complexity index is 316. The maximum absolute atomic E-state index is 11.7. The third kappa shape index (κ3) is 3.49. The van der Waals surface area contributed by atoms with Gasteiger partial charge in [0.15, 0.2) is 0 Å². The van der Waals surface area contributed by atoms with Crippen molar-refractivity contribution in [3.8, 4) is 0 Å². The van der Waals surface area contributed by atoms with E-state index in [1.54, 1.807) is 7.05 Å². The quantitative estimate of drug-likeness (QED) is 0.741. The average molecular weight is 223 g/mol. The molecule has 1 N–H and O–H groups in total. The predicted octanol–water partition coefficient (Wildman–Crippen LogP) is 2.05. The molecule has 0 saturated heterocycles. The number of nitrogens with one attached hydrogen (secondary N) is 1. The summed E-state index contributed by atoms with van der Waals surface area (Å²) in [6.45, 7) is 6.18. The number of carbonyl (C=O) groups is 1. The van der Waals surface area contributed by atoms with E-state index in [0.29, 0.717) is 12.5 Å². The molecule has 90 valence electrons. The molecule has 0 heterocycles. The zero-order valence-electron chi connectivity index (χ0n) is 10.5. The van der Waals surface area contributed by atoms with Crippen molar-refractivity contribution in [1.29, 1.82) is 0 Å². The summed E-state index contributed by atoms with van der Waals surface area (Å²) in [5.74, 6) is 0.328. The van der Waals surface area contributed by atoms with Crippen LogP contribution in [0.25, 0.3) is 0 Å². The Morgan fingerprint density at radius 3 is 2.88 bits per heavy atom. The molecule has 0 aromatic heterocycles. The lowest BCUT2D eigenvalue weighted by Gasteiger charge is -2.22. The van der Waals surface area contributed by atoms with Gasteiger partial charge in [0.25, 0.3) is 0 Å². The first-order chi connectivity index (χ1) is 7.45. The van der Waals surface area contributed by atoms with Crippen molar-refractivity contribution < 1.29 is 9.53 Å². The molecule has 1 rings (SSSR count). The number of hydrogen-bond acceptors (Lipinski definition) is 3. The monoisotopic (exact) mass is 223 g/mol. The van der Waals surface area contributed by atoms with Crippen molar-refractivity contribution in [2.45, 2.75) is 32.7 Å². The molecule has 16 heavy (non-hydrogen) atoms. The Morgan fingerprint density at radius 2 is 2.31 bits per heavy atom. The highest BCUT2D eigenvalue weighted by molar-refractivity contribution is 5.79. The van der Waals surface area contributed by atoms with Crippen LogP contribution in [0.3, 0.4) is 0 Å². The number of ether oxygens (including phenoxy) is 1. The summed E-state index contributed by atoms with van der Waals surface area (Å²) in [6.07, 6.45) is 7.19. The Morgan fingerprint density at radius 1 is 1.62 bits per heavy atom. The van der Waals surface area contributed by atoms with Gasteiger partial charge in [0.1, 0.15) is 12.1 Å². The van der Waals surface area contributed by atoms with Gasteiger partial charge in [0.05, 0.1) is 0 Å². The minimum Gasteiger partial charge on any atom is -0.460 e. The Kier molecular flexibility index (Phi) is 4.30. The highest BCUT2D eigenvalue weighted by Crippen LogP contribution is 2.18. The van der Waals surface area contributed by atoms with Crippen molar-refractivity contribution in [2.24, 2.45) is 5.92 Å². The second-order valence-corrected chi connectivity index (χ2v) is 4.84. The third-order valence-electron chi connectivity index (χ3n) is 2.88. The van der Waals surface area contributed by atoms with Gasteiger partial charge in [-0.05, 0) is 38.8 Å². The molecular formula is C13H21NO2. The van der Waals surface area contributed by atoms with Crippen LogP contribution in [0.15, 0.2) is 23.8 Å². The number of carbonyl (C=O) groups excluding carboxylic acids is 1. The number of esters is 1. The van der Waals surface area contributed by atoms with Gasteiger partial charge in [0.2, 0.25) is 0 Å². The standard InChI is InChI=1S/C13H21NO2/c1-10-6-5-7-11(8-10)9-16-12(15)13(2,3)14-4/h5-7,10,14H,8-9H2,1-4H3. The summed E-state index contributed by atoms with van der Waals surface area (Å²) in [5, 5.41) is 2.93. The highest BCUT2D eigenvalue weighted by Gasteiger charge is 2.27. The fourth-order valence-corrected chi connectivity index (χ4v) is 1.48. The molecule has 0 bridgehead atoms. The third-order valence-corrected chi connectivity index (χ3v) is 2.88. The summed E-state index contributed by atoms with van der Waals surface area (Å²) in [5.41, 5.74) is 0.562. The predicted molar refractivity (Wildman–Crippen MR) is 65.1 cm³/mol. The number of hydrogen-bond donors (Lipinski definition) is 1. The molecule has 1 unspecified atom stereocenters. The van der Waals surface area contributed by atoms with Gasteiger partial charge >= 0.3 is 5.97 Å². The minimum absolute atomic E-state index is 0.210. The molecule has 1 atom stereocenters. The van der Waals surface area contributed by atoms with E-state index in [0.717, 1.165) is 6.42 Å². The molecule has 1 aliphatic carbocycles. The first-order valence-electron chi connectivity index (χ1n) is 5.68. The van der Waals surface area contributed by atoms with Crippen LogP contribution in [0.4, 0.5) is 0 Å². The summed E-state index contributed by atoms with van der Waals surface area (Å²) in [6, 6.07) is 0. The minimum atomic E-state index is -0.614. The normalized spacial score (nSPS) is 20.5. The first-order valence-corrected chi connectivity index (χ1v) is 5.68. The van der Waals surface area contributed by atoms with Crippen molar-refractivity contribution in [3.63, 3.8) is 0 Å². The van der Waals surface area contributed by atoms with E-state index in [2.05, 4.69) is 18.3 Å². The van der Waals surface area contributed by atoms with Crippen LogP contribution in [-0.2, 0) is 9.53 Å². The zero-order chi connectivity index (χ0) is 12.2. The second-order valence-electron chi connectivity index (χ2n) is 4.84. The van der Waals surface area contributed by atoms with Gasteiger partial charge in [-0.2, -0.15) is 0 Å². The van der Waals surface area contributed by atoms with E-state index < -0.39 is 5.54 Å². The molecule has 0 radical (unpaired) electrons. The van der Waals surface area contributed by atoms with Crippen LogP contribution in [0, 0.1) is 5.92 Å². The zero-order valence-corrected chi connectivity index (χ0v) is 10.5. The fourth-order valence-electron chi connectivity index (χ4n) is 1.48.